The number of aryl methyl sites for hydroxylation is 2. The van der Waals surface area contributed by atoms with Crippen molar-refractivity contribution in [3.63, 3.8) is 0 Å². The van der Waals surface area contributed by atoms with Gasteiger partial charge in [0.25, 0.3) is 5.91 Å². The fourth-order valence-corrected chi connectivity index (χ4v) is 2.72. The Kier molecular flexibility index (Phi) is 6.28. The van der Waals surface area contributed by atoms with Crippen molar-refractivity contribution in [2.75, 3.05) is 6.54 Å². The maximum atomic E-state index is 12.9. The first-order valence-electron chi connectivity index (χ1n) is 8.46. The van der Waals surface area contributed by atoms with Gasteiger partial charge in [-0.05, 0) is 65.7 Å². The number of hydrogen-bond acceptors (Lipinski definition) is 4. The van der Waals surface area contributed by atoms with Gasteiger partial charge in [0.05, 0.1) is 10.2 Å². The van der Waals surface area contributed by atoms with Crippen molar-refractivity contribution in [1.29, 1.82) is 0 Å². The van der Waals surface area contributed by atoms with Crippen LogP contribution in [0, 0.1) is 12.7 Å². The summed E-state index contributed by atoms with van der Waals surface area (Å²) < 4.78 is 26.6. The quantitative estimate of drug-likeness (QED) is 0.541. The van der Waals surface area contributed by atoms with Gasteiger partial charge in [0, 0.05) is 19.3 Å². The van der Waals surface area contributed by atoms with Gasteiger partial charge in [-0.1, -0.05) is 0 Å². The zero-order valence-electron chi connectivity index (χ0n) is 14.7. The molecule has 0 aliphatic carbocycles. The van der Waals surface area contributed by atoms with Gasteiger partial charge in [-0.15, -0.1) is 0 Å². The number of amides is 1. The third-order valence-electron chi connectivity index (χ3n) is 3.82. The van der Waals surface area contributed by atoms with Crippen molar-refractivity contribution in [2.45, 2.75) is 26.5 Å². The fourth-order valence-electron chi connectivity index (χ4n) is 2.40. The van der Waals surface area contributed by atoms with E-state index in [1.165, 1.54) is 24.3 Å². The van der Waals surface area contributed by atoms with Crippen LogP contribution in [-0.4, -0.2) is 22.2 Å². The molecule has 0 radical (unpaired) electrons. The van der Waals surface area contributed by atoms with Crippen LogP contribution in [0.15, 0.2) is 51.5 Å². The van der Waals surface area contributed by atoms with Crippen molar-refractivity contribution in [3.05, 3.63) is 70.1 Å². The minimum atomic E-state index is -0.324. The molecule has 3 rings (SSSR count). The first-order chi connectivity index (χ1) is 13.0. The summed E-state index contributed by atoms with van der Waals surface area (Å²) in [5.74, 6) is 0.668. The fraction of sp³-hybridized carbons (Fsp3) is 0.263. The van der Waals surface area contributed by atoms with Crippen LogP contribution in [0.1, 0.15) is 28.4 Å². The Morgan fingerprint density at radius 3 is 2.78 bits per heavy atom. The molecule has 0 saturated carbocycles. The van der Waals surface area contributed by atoms with Gasteiger partial charge in [-0.2, -0.15) is 5.10 Å². The smallest absolute Gasteiger partial charge is 0.286 e. The van der Waals surface area contributed by atoms with Crippen LogP contribution in [-0.2, 0) is 13.2 Å². The third kappa shape index (κ3) is 5.43. The number of hydrogen-bond donors (Lipinski definition) is 1. The average Bonchev–Trinajstić information content (AvgIpc) is 3.25. The van der Waals surface area contributed by atoms with E-state index in [1.807, 2.05) is 17.8 Å². The third-order valence-corrected chi connectivity index (χ3v) is 4.59. The molecule has 0 spiro atoms. The van der Waals surface area contributed by atoms with Crippen LogP contribution in [0.4, 0.5) is 4.39 Å². The summed E-state index contributed by atoms with van der Waals surface area (Å²) in [5, 5.41) is 7.16. The molecule has 0 atom stereocenters. The summed E-state index contributed by atoms with van der Waals surface area (Å²) in [7, 11) is 0. The maximum absolute atomic E-state index is 12.9. The number of carbonyl (C=O) groups excluding carboxylic acids is 1. The van der Waals surface area contributed by atoms with Crippen molar-refractivity contribution >= 4 is 21.8 Å². The second-order valence-electron chi connectivity index (χ2n) is 5.94. The van der Waals surface area contributed by atoms with Crippen LogP contribution in [0.5, 0.6) is 5.75 Å². The van der Waals surface area contributed by atoms with Crippen LogP contribution >= 0.6 is 15.9 Å². The van der Waals surface area contributed by atoms with Gasteiger partial charge >= 0.3 is 0 Å². The van der Waals surface area contributed by atoms with Gasteiger partial charge in [-0.3, -0.25) is 9.48 Å². The van der Waals surface area contributed by atoms with Crippen molar-refractivity contribution in [1.82, 2.24) is 15.1 Å². The predicted octanol–water partition coefficient (Wildman–Crippen LogP) is 4.09. The van der Waals surface area contributed by atoms with E-state index in [0.29, 0.717) is 24.6 Å². The summed E-state index contributed by atoms with van der Waals surface area (Å²) in [6, 6.07) is 8.99. The van der Waals surface area contributed by atoms with Crippen LogP contribution in [0.25, 0.3) is 0 Å². The number of furan rings is 1. The molecule has 2 aromatic heterocycles. The van der Waals surface area contributed by atoms with Crippen molar-refractivity contribution in [3.8, 4) is 5.75 Å². The molecule has 6 nitrogen and oxygen atoms in total. The lowest BCUT2D eigenvalue weighted by atomic mass is 10.3. The molecule has 27 heavy (non-hydrogen) atoms. The molecular weight excluding hydrogens is 417 g/mol. The van der Waals surface area contributed by atoms with E-state index in [9.17, 15) is 9.18 Å². The highest BCUT2D eigenvalue weighted by molar-refractivity contribution is 9.10. The molecule has 0 aliphatic rings. The lowest BCUT2D eigenvalue weighted by Gasteiger charge is -2.05. The maximum Gasteiger partial charge on any atom is 0.286 e. The molecule has 0 saturated heterocycles. The minimum absolute atomic E-state index is 0.159. The van der Waals surface area contributed by atoms with E-state index in [-0.39, 0.29) is 24.1 Å². The molecule has 0 bridgehead atoms. The zero-order valence-corrected chi connectivity index (χ0v) is 16.3. The number of benzene rings is 1. The molecule has 0 aliphatic heterocycles. The lowest BCUT2D eigenvalue weighted by Crippen LogP contribution is -2.24. The highest BCUT2D eigenvalue weighted by Crippen LogP contribution is 2.15. The lowest BCUT2D eigenvalue weighted by molar-refractivity contribution is 0.0920. The second kappa shape index (κ2) is 8.85. The SMILES string of the molecule is Cc1nn(CCCNC(=O)c2ccc(COc3ccc(F)cc3)o2)cc1Br. The van der Waals surface area contributed by atoms with Crippen LogP contribution in [0.2, 0.25) is 0 Å². The first kappa shape index (κ1) is 19.2. The number of rotatable bonds is 8. The number of halogens is 2. The Hall–Kier alpha value is -2.61. The number of nitrogens with one attached hydrogen (secondary N) is 1. The Labute approximate surface area is 164 Å². The molecule has 1 N–H and O–H groups in total. The minimum Gasteiger partial charge on any atom is -0.486 e. The van der Waals surface area contributed by atoms with E-state index < -0.39 is 0 Å². The summed E-state index contributed by atoms with van der Waals surface area (Å²) in [6.45, 7) is 3.31. The number of aromatic nitrogens is 2. The Morgan fingerprint density at radius 1 is 1.30 bits per heavy atom. The summed E-state index contributed by atoms with van der Waals surface area (Å²) >= 11 is 3.42. The molecule has 1 aromatic carbocycles. The molecular formula is C19H19BrFN3O3. The Morgan fingerprint density at radius 2 is 2.07 bits per heavy atom. The van der Waals surface area contributed by atoms with Gasteiger partial charge in [0.2, 0.25) is 0 Å². The van der Waals surface area contributed by atoms with E-state index in [0.717, 1.165) is 16.6 Å². The summed E-state index contributed by atoms with van der Waals surface area (Å²) in [6.07, 6.45) is 2.66. The summed E-state index contributed by atoms with van der Waals surface area (Å²) in [5.41, 5.74) is 0.935. The average molecular weight is 436 g/mol. The van der Waals surface area contributed by atoms with Gasteiger partial charge in [0.15, 0.2) is 5.76 Å². The highest BCUT2D eigenvalue weighted by atomic mass is 79.9. The largest absolute Gasteiger partial charge is 0.486 e. The van der Waals surface area contributed by atoms with Crippen molar-refractivity contribution < 1.29 is 18.3 Å². The zero-order chi connectivity index (χ0) is 19.2. The summed E-state index contributed by atoms with van der Waals surface area (Å²) in [4.78, 5) is 12.1. The normalized spacial score (nSPS) is 10.8. The monoisotopic (exact) mass is 435 g/mol. The molecule has 3 aromatic rings. The van der Waals surface area contributed by atoms with Crippen LogP contribution < -0.4 is 10.1 Å². The van der Waals surface area contributed by atoms with Crippen LogP contribution in [0.3, 0.4) is 0 Å². The van der Waals surface area contributed by atoms with E-state index >= 15 is 0 Å². The van der Waals surface area contributed by atoms with E-state index in [2.05, 4.69) is 26.3 Å². The van der Waals surface area contributed by atoms with Gasteiger partial charge in [-0.25, -0.2) is 4.39 Å². The molecule has 142 valence electrons. The number of carbonyl (C=O) groups is 1. The molecule has 8 heteroatoms. The standard InChI is InChI=1S/C19H19BrFN3O3/c1-13-17(20)11-24(23-13)10-2-9-22-19(25)18-8-7-16(27-18)12-26-15-5-3-14(21)4-6-15/h3-8,11H,2,9-10,12H2,1H3,(H,22,25). The molecule has 0 fully saturated rings. The first-order valence-corrected chi connectivity index (χ1v) is 9.25. The highest BCUT2D eigenvalue weighted by Gasteiger charge is 2.11. The topological polar surface area (TPSA) is 69.3 Å². The molecule has 0 unspecified atom stereocenters. The van der Waals surface area contributed by atoms with E-state index in [1.54, 1.807) is 12.1 Å². The van der Waals surface area contributed by atoms with Crippen molar-refractivity contribution in [2.24, 2.45) is 0 Å². The van der Waals surface area contributed by atoms with Gasteiger partial charge < -0.3 is 14.5 Å². The second-order valence-corrected chi connectivity index (χ2v) is 6.80. The van der Waals surface area contributed by atoms with Gasteiger partial charge in [0.1, 0.15) is 23.9 Å². The predicted molar refractivity (Wildman–Crippen MR) is 101 cm³/mol. The van der Waals surface area contributed by atoms with E-state index in [4.69, 9.17) is 9.15 Å². The Balaban J connectivity index is 1.41. The number of ether oxygens (including phenoxy) is 1. The molecule has 2 heterocycles. The number of nitrogens with zero attached hydrogens (tertiary/aromatic N) is 2. The molecule has 1 amide bonds. The Bertz CT molecular complexity index is 886.